The van der Waals surface area contributed by atoms with E-state index in [1.54, 1.807) is 6.07 Å². The van der Waals surface area contributed by atoms with Gasteiger partial charge in [-0.05, 0) is 17.7 Å². The van der Waals surface area contributed by atoms with Crippen LogP contribution in [0.2, 0.25) is 0 Å². The van der Waals surface area contributed by atoms with Gasteiger partial charge >= 0.3 is 0 Å². The first-order chi connectivity index (χ1) is 9.19. The molecule has 0 spiro atoms. The van der Waals surface area contributed by atoms with Crippen molar-refractivity contribution in [1.82, 2.24) is 14.8 Å². The Kier molecular flexibility index (Phi) is 4.27. The zero-order valence-corrected chi connectivity index (χ0v) is 11.3. The van der Waals surface area contributed by atoms with E-state index in [-0.39, 0.29) is 11.9 Å². The van der Waals surface area contributed by atoms with E-state index in [0.717, 1.165) is 30.1 Å². The highest BCUT2D eigenvalue weighted by Crippen LogP contribution is 2.19. The lowest BCUT2D eigenvalue weighted by Crippen LogP contribution is -2.23. The Morgan fingerprint density at radius 1 is 1.32 bits per heavy atom. The highest BCUT2D eigenvalue weighted by atomic mass is 19.1. The minimum Gasteiger partial charge on any atom is -0.328 e. The maximum atomic E-state index is 13.3. The Hall–Kier alpha value is -1.75. The molecule has 0 aliphatic rings. The van der Waals surface area contributed by atoms with Crippen molar-refractivity contribution in [2.75, 3.05) is 6.54 Å². The van der Waals surface area contributed by atoms with E-state index in [1.165, 1.54) is 12.1 Å². The zero-order valence-electron chi connectivity index (χ0n) is 11.3. The van der Waals surface area contributed by atoms with Gasteiger partial charge in [0.25, 0.3) is 0 Å². The summed E-state index contributed by atoms with van der Waals surface area (Å²) >= 11 is 0. The van der Waals surface area contributed by atoms with Crippen LogP contribution in [0, 0.1) is 5.82 Å². The fraction of sp³-hybridized carbons (Fsp3) is 0.429. The molecular formula is C14H19FN4. The summed E-state index contributed by atoms with van der Waals surface area (Å²) in [4.78, 5) is 4.47. The summed E-state index contributed by atoms with van der Waals surface area (Å²) < 4.78 is 15.2. The monoisotopic (exact) mass is 262 g/mol. The molecular weight excluding hydrogens is 243 g/mol. The molecule has 0 bridgehead atoms. The Labute approximate surface area is 112 Å². The summed E-state index contributed by atoms with van der Waals surface area (Å²) in [6.45, 7) is 4.40. The van der Waals surface area contributed by atoms with Gasteiger partial charge in [0.05, 0.1) is 6.04 Å². The predicted molar refractivity (Wildman–Crippen MR) is 72.4 cm³/mol. The lowest BCUT2D eigenvalue weighted by atomic mass is 10.1. The first-order valence-corrected chi connectivity index (χ1v) is 6.59. The second kappa shape index (κ2) is 5.93. The summed E-state index contributed by atoms with van der Waals surface area (Å²) in [6.07, 6.45) is 1.55. The molecule has 0 saturated carbocycles. The van der Waals surface area contributed by atoms with Gasteiger partial charge in [-0.15, -0.1) is 0 Å². The standard InChI is InChI=1S/C14H19FN4/c1-3-13-17-14(4-2)19(18-13)12(9-16)10-6-5-7-11(15)8-10/h5-8,12H,3-4,9,16H2,1-2H3. The molecule has 1 heterocycles. The van der Waals surface area contributed by atoms with Gasteiger partial charge in [-0.2, -0.15) is 5.10 Å². The molecule has 0 aliphatic heterocycles. The molecule has 1 atom stereocenters. The van der Waals surface area contributed by atoms with Crippen LogP contribution in [-0.2, 0) is 12.8 Å². The third-order valence-electron chi connectivity index (χ3n) is 3.13. The van der Waals surface area contributed by atoms with Crippen LogP contribution in [0.1, 0.15) is 37.1 Å². The molecule has 0 radical (unpaired) electrons. The summed E-state index contributed by atoms with van der Waals surface area (Å²) in [5, 5.41) is 4.48. The number of rotatable bonds is 5. The molecule has 0 aliphatic carbocycles. The molecule has 0 amide bonds. The highest BCUT2D eigenvalue weighted by molar-refractivity contribution is 5.21. The first-order valence-electron chi connectivity index (χ1n) is 6.59. The first kappa shape index (κ1) is 13.7. The van der Waals surface area contributed by atoms with E-state index in [0.29, 0.717) is 6.54 Å². The Morgan fingerprint density at radius 3 is 2.68 bits per heavy atom. The van der Waals surface area contributed by atoms with Crippen LogP contribution in [0.25, 0.3) is 0 Å². The number of nitrogens with two attached hydrogens (primary N) is 1. The molecule has 4 nitrogen and oxygen atoms in total. The lowest BCUT2D eigenvalue weighted by Gasteiger charge is -2.17. The number of nitrogens with zero attached hydrogens (tertiary/aromatic N) is 3. The number of hydrogen-bond acceptors (Lipinski definition) is 3. The van der Waals surface area contributed by atoms with E-state index in [1.807, 2.05) is 24.6 Å². The Bertz CT molecular complexity index is 550. The second-order valence-electron chi connectivity index (χ2n) is 4.40. The quantitative estimate of drug-likeness (QED) is 0.897. The molecule has 1 unspecified atom stereocenters. The molecule has 1 aromatic carbocycles. The minimum absolute atomic E-state index is 0.168. The van der Waals surface area contributed by atoms with E-state index in [2.05, 4.69) is 10.1 Å². The average Bonchev–Trinajstić information content (AvgIpc) is 2.83. The largest absolute Gasteiger partial charge is 0.328 e. The van der Waals surface area contributed by atoms with Crippen molar-refractivity contribution in [2.24, 2.45) is 5.73 Å². The fourth-order valence-corrected chi connectivity index (χ4v) is 2.14. The number of benzene rings is 1. The normalized spacial score (nSPS) is 12.6. The molecule has 102 valence electrons. The van der Waals surface area contributed by atoms with Crippen molar-refractivity contribution in [3.8, 4) is 0 Å². The van der Waals surface area contributed by atoms with Crippen LogP contribution in [0.3, 0.4) is 0 Å². The molecule has 5 heteroatoms. The minimum atomic E-state index is -0.259. The highest BCUT2D eigenvalue weighted by Gasteiger charge is 2.18. The topological polar surface area (TPSA) is 56.7 Å². The fourth-order valence-electron chi connectivity index (χ4n) is 2.14. The van der Waals surface area contributed by atoms with Gasteiger partial charge in [0, 0.05) is 19.4 Å². The summed E-state index contributed by atoms with van der Waals surface area (Å²) in [5.41, 5.74) is 6.67. The number of hydrogen-bond donors (Lipinski definition) is 1. The van der Waals surface area contributed by atoms with Crippen molar-refractivity contribution < 1.29 is 4.39 Å². The van der Waals surface area contributed by atoms with Crippen LogP contribution in [0.4, 0.5) is 4.39 Å². The number of halogens is 1. The average molecular weight is 262 g/mol. The zero-order chi connectivity index (χ0) is 13.8. The van der Waals surface area contributed by atoms with Crippen molar-refractivity contribution in [2.45, 2.75) is 32.7 Å². The van der Waals surface area contributed by atoms with Crippen LogP contribution >= 0.6 is 0 Å². The third-order valence-corrected chi connectivity index (χ3v) is 3.13. The molecule has 19 heavy (non-hydrogen) atoms. The van der Waals surface area contributed by atoms with Gasteiger partial charge in [0.2, 0.25) is 0 Å². The molecule has 2 rings (SSSR count). The van der Waals surface area contributed by atoms with E-state index >= 15 is 0 Å². The van der Waals surface area contributed by atoms with Crippen LogP contribution in [0.15, 0.2) is 24.3 Å². The van der Waals surface area contributed by atoms with Crippen LogP contribution in [0.5, 0.6) is 0 Å². The van der Waals surface area contributed by atoms with Gasteiger partial charge < -0.3 is 5.73 Å². The number of aromatic nitrogens is 3. The Morgan fingerprint density at radius 2 is 2.11 bits per heavy atom. The van der Waals surface area contributed by atoms with Gasteiger partial charge in [-0.3, -0.25) is 0 Å². The van der Waals surface area contributed by atoms with Crippen molar-refractivity contribution in [3.05, 3.63) is 47.3 Å². The maximum absolute atomic E-state index is 13.3. The van der Waals surface area contributed by atoms with Gasteiger partial charge in [-0.25, -0.2) is 14.1 Å². The smallest absolute Gasteiger partial charge is 0.150 e. The third kappa shape index (κ3) is 2.81. The summed E-state index contributed by atoms with van der Waals surface area (Å²) in [5.74, 6) is 1.42. The van der Waals surface area contributed by atoms with Crippen LogP contribution in [-0.4, -0.2) is 21.3 Å². The Balaban J connectivity index is 2.44. The van der Waals surface area contributed by atoms with Crippen molar-refractivity contribution in [1.29, 1.82) is 0 Å². The summed E-state index contributed by atoms with van der Waals surface area (Å²) in [6, 6.07) is 6.32. The molecule has 2 N–H and O–H groups in total. The SMILES string of the molecule is CCc1nc(CC)n(C(CN)c2cccc(F)c2)n1. The maximum Gasteiger partial charge on any atom is 0.150 e. The van der Waals surface area contributed by atoms with Crippen molar-refractivity contribution >= 4 is 0 Å². The van der Waals surface area contributed by atoms with Crippen LogP contribution < -0.4 is 5.73 Å². The van der Waals surface area contributed by atoms with E-state index in [9.17, 15) is 4.39 Å². The van der Waals surface area contributed by atoms with Gasteiger partial charge in [0.1, 0.15) is 11.6 Å². The molecule has 2 aromatic rings. The molecule has 0 fully saturated rings. The summed E-state index contributed by atoms with van der Waals surface area (Å²) in [7, 11) is 0. The van der Waals surface area contributed by atoms with Gasteiger partial charge in [0.15, 0.2) is 5.82 Å². The van der Waals surface area contributed by atoms with E-state index in [4.69, 9.17) is 5.73 Å². The van der Waals surface area contributed by atoms with Crippen molar-refractivity contribution in [3.63, 3.8) is 0 Å². The lowest BCUT2D eigenvalue weighted by molar-refractivity contribution is 0.502. The predicted octanol–water partition coefficient (Wildman–Crippen LogP) is 2.09. The second-order valence-corrected chi connectivity index (χ2v) is 4.40. The molecule has 0 saturated heterocycles. The molecule has 1 aromatic heterocycles. The number of aryl methyl sites for hydroxylation is 2. The van der Waals surface area contributed by atoms with E-state index < -0.39 is 0 Å². The van der Waals surface area contributed by atoms with Gasteiger partial charge in [-0.1, -0.05) is 26.0 Å².